The molecule has 6 heteroatoms. The van der Waals surface area contributed by atoms with Crippen LogP contribution in [0.3, 0.4) is 0 Å². The van der Waals surface area contributed by atoms with Gasteiger partial charge in [-0.2, -0.15) is 0 Å². The van der Waals surface area contributed by atoms with E-state index >= 15 is 0 Å². The number of ether oxygens (including phenoxy) is 3. The molecule has 16 heavy (non-hydrogen) atoms. The van der Waals surface area contributed by atoms with E-state index in [1.54, 1.807) is 6.92 Å². The van der Waals surface area contributed by atoms with Gasteiger partial charge in [-0.3, -0.25) is 14.4 Å². The molecule has 1 unspecified atom stereocenters. The van der Waals surface area contributed by atoms with Crippen molar-refractivity contribution in [2.24, 2.45) is 5.92 Å². The lowest BCUT2D eigenvalue weighted by atomic mass is 10.0. The van der Waals surface area contributed by atoms with Crippen molar-refractivity contribution in [3.63, 3.8) is 0 Å². The molecule has 0 saturated carbocycles. The van der Waals surface area contributed by atoms with Crippen LogP contribution in [0.5, 0.6) is 0 Å². The molecule has 0 aliphatic rings. The highest BCUT2D eigenvalue weighted by molar-refractivity contribution is 5.94. The minimum Gasteiger partial charge on any atom is -0.468 e. The van der Waals surface area contributed by atoms with E-state index in [2.05, 4.69) is 9.47 Å². The summed E-state index contributed by atoms with van der Waals surface area (Å²) >= 11 is 0. The first-order valence-electron chi connectivity index (χ1n) is 4.75. The van der Waals surface area contributed by atoms with Gasteiger partial charge in [0.05, 0.1) is 14.2 Å². The monoisotopic (exact) mass is 232 g/mol. The standard InChI is InChI=1S/C10H16O6/c1-6(16-7(2)11)5-8(9(12)14-3)10(13)15-4/h6,8H,5H2,1-4H3. The van der Waals surface area contributed by atoms with Gasteiger partial charge in [-0.25, -0.2) is 0 Å². The number of methoxy groups -OCH3 is 2. The zero-order chi connectivity index (χ0) is 12.7. The molecule has 0 rings (SSSR count). The van der Waals surface area contributed by atoms with Crippen LogP contribution in [0.15, 0.2) is 0 Å². The SMILES string of the molecule is COC(=O)C(CC(C)OC(C)=O)C(=O)OC. The fourth-order valence-electron chi connectivity index (χ4n) is 1.24. The maximum atomic E-state index is 11.3. The predicted octanol–water partition coefficient (Wildman–Crippen LogP) is 0.290. The molecule has 0 fully saturated rings. The van der Waals surface area contributed by atoms with Crippen molar-refractivity contribution in [1.29, 1.82) is 0 Å². The number of esters is 3. The molecule has 92 valence electrons. The van der Waals surface area contributed by atoms with E-state index in [4.69, 9.17) is 4.74 Å². The van der Waals surface area contributed by atoms with Gasteiger partial charge in [0.1, 0.15) is 6.10 Å². The summed E-state index contributed by atoms with van der Waals surface area (Å²) in [6.45, 7) is 2.84. The highest BCUT2D eigenvalue weighted by Crippen LogP contribution is 2.13. The average molecular weight is 232 g/mol. The predicted molar refractivity (Wildman–Crippen MR) is 53.4 cm³/mol. The van der Waals surface area contributed by atoms with Crippen molar-refractivity contribution in [1.82, 2.24) is 0 Å². The average Bonchev–Trinajstić information content (AvgIpc) is 2.22. The Morgan fingerprint density at radius 1 is 1.06 bits per heavy atom. The Morgan fingerprint density at radius 3 is 1.81 bits per heavy atom. The number of rotatable bonds is 5. The van der Waals surface area contributed by atoms with Gasteiger partial charge in [0, 0.05) is 13.3 Å². The van der Waals surface area contributed by atoms with Gasteiger partial charge in [0.25, 0.3) is 0 Å². The summed E-state index contributed by atoms with van der Waals surface area (Å²) in [6.07, 6.45) is -0.514. The topological polar surface area (TPSA) is 78.9 Å². The summed E-state index contributed by atoms with van der Waals surface area (Å²) in [5, 5.41) is 0. The Balaban J connectivity index is 4.48. The molecular formula is C10H16O6. The van der Waals surface area contributed by atoms with E-state index in [1.807, 2.05) is 0 Å². The van der Waals surface area contributed by atoms with Gasteiger partial charge in [0.15, 0.2) is 5.92 Å². The zero-order valence-electron chi connectivity index (χ0n) is 9.81. The Hall–Kier alpha value is -1.59. The molecular weight excluding hydrogens is 216 g/mol. The lowest BCUT2D eigenvalue weighted by Gasteiger charge is -2.17. The van der Waals surface area contributed by atoms with Gasteiger partial charge in [0.2, 0.25) is 0 Å². The maximum absolute atomic E-state index is 11.3. The van der Waals surface area contributed by atoms with Crippen molar-refractivity contribution >= 4 is 17.9 Å². The second-order valence-electron chi connectivity index (χ2n) is 3.25. The van der Waals surface area contributed by atoms with E-state index in [1.165, 1.54) is 21.1 Å². The summed E-state index contributed by atoms with van der Waals surface area (Å²) in [7, 11) is 2.35. The van der Waals surface area contributed by atoms with Crippen LogP contribution >= 0.6 is 0 Å². The molecule has 0 N–H and O–H groups in total. The largest absolute Gasteiger partial charge is 0.468 e. The van der Waals surface area contributed by atoms with E-state index in [-0.39, 0.29) is 6.42 Å². The van der Waals surface area contributed by atoms with E-state index in [9.17, 15) is 14.4 Å². The van der Waals surface area contributed by atoms with Crippen LogP contribution in [-0.4, -0.2) is 38.2 Å². The van der Waals surface area contributed by atoms with Gasteiger partial charge >= 0.3 is 17.9 Å². The molecule has 0 aromatic rings. The smallest absolute Gasteiger partial charge is 0.320 e. The van der Waals surface area contributed by atoms with E-state index in [0.717, 1.165) is 0 Å². The van der Waals surface area contributed by atoms with Crippen molar-refractivity contribution in [3.05, 3.63) is 0 Å². The lowest BCUT2D eigenvalue weighted by Crippen LogP contribution is -2.30. The Bertz CT molecular complexity index is 256. The Kier molecular flexibility index (Phi) is 6.14. The molecule has 0 aliphatic carbocycles. The van der Waals surface area contributed by atoms with Crippen LogP contribution < -0.4 is 0 Å². The molecule has 0 saturated heterocycles. The van der Waals surface area contributed by atoms with Crippen LogP contribution in [-0.2, 0) is 28.6 Å². The first-order chi connectivity index (χ1) is 7.42. The second kappa shape index (κ2) is 6.81. The third-order valence-electron chi connectivity index (χ3n) is 1.91. The highest BCUT2D eigenvalue weighted by Gasteiger charge is 2.31. The summed E-state index contributed by atoms with van der Waals surface area (Å²) in [5.41, 5.74) is 0. The minimum atomic E-state index is -1.07. The number of carbonyl (C=O) groups excluding carboxylic acids is 3. The van der Waals surface area contributed by atoms with Crippen molar-refractivity contribution in [2.45, 2.75) is 26.4 Å². The lowest BCUT2D eigenvalue weighted by molar-refractivity contribution is -0.163. The number of hydrogen-bond donors (Lipinski definition) is 0. The molecule has 0 aromatic carbocycles. The first kappa shape index (κ1) is 14.4. The van der Waals surface area contributed by atoms with Crippen LogP contribution in [0.1, 0.15) is 20.3 Å². The fourth-order valence-corrected chi connectivity index (χ4v) is 1.24. The van der Waals surface area contributed by atoms with Gasteiger partial charge in [-0.15, -0.1) is 0 Å². The minimum absolute atomic E-state index is 0.0406. The summed E-state index contributed by atoms with van der Waals surface area (Å²) in [6, 6.07) is 0. The molecule has 0 spiro atoms. The number of hydrogen-bond acceptors (Lipinski definition) is 6. The van der Waals surface area contributed by atoms with Crippen LogP contribution in [0, 0.1) is 5.92 Å². The first-order valence-corrected chi connectivity index (χ1v) is 4.75. The normalized spacial score (nSPS) is 11.8. The molecule has 0 amide bonds. The second-order valence-corrected chi connectivity index (χ2v) is 3.25. The third-order valence-corrected chi connectivity index (χ3v) is 1.91. The van der Waals surface area contributed by atoms with E-state index in [0.29, 0.717) is 0 Å². The van der Waals surface area contributed by atoms with Crippen molar-refractivity contribution in [3.8, 4) is 0 Å². The van der Waals surface area contributed by atoms with Crippen LogP contribution in [0.25, 0.3) is 0 Å². The number of carbonyl (C=O) groups is 3. The highest BCUT2D eigenvalue weighted by atomic mass is 16.6. The quantitative estimate of drug-likeness (QED) is 0.385. The van der Waals surface area contributed by atoms with Gasteiger partial charge < -0.3 is 14.2 Å². The van der Waals surface area contributed by atoms with Gasteiger partial charge in [-0.05, 0) is 6.92 Å². The fraction of sp³-hybridized carbons (Fsp3) is 0.700. The van der Waals surface area contributed by atoms with Crippen LogP contribution in [0.2, 0.25) is 0 Å². The molecule has 0 bridgehead atoms. The van der Waals surface area contributed by atoms with Crippen molar-refractivity contribution < 1.29 is 28.6 Å². The summed E-state index contributed by atoms with van der Waals surface area (Å²) in [5.74, 6) is -2.94. The summed E-state index contributed by atoms with van der Waals surface area (Å²) in [4.78, 5) is 33.2. The van der Waals surface area contributed by atoms with Crippen molar-refractivity contribution in [2.75, 3.05) is 14.2 Å². The Labute approximate surface area is 93.8 Å². The summed E-state index contributed by atoms with van der Waals surface area (Å²) < 4.78 is 13.7. The van der Waals surface area contributed by atoms with Gasteiger partial charge in [-0.1, -0.05) is 0 Å². The van der Waals surface area contributed by atoms with Crippen LogP contribution in [0.4, 0.5) is 0 Å². The molecule has 1 atom stereocenters. The molecule has 6 nitrogen and oxygen atoms in total. The Morgan fingerprint density at radius 2 is 1.50 bits per heavy atom. The zero-order valence-corrected chi connectivity index (χ0v) is 9.81. The molecule has 0 radical (unpaired) electrons. The van der Waals surface area contributed by atoms with E-state index < -0.39 is 29.9 Å². The molecule has 0 aliphatic heterocycles. The molecule has 0 heterocycles. The molecule has 0 aromatic heterocycles. The maximum Gasteiger partial charge on any atom is 0.320 e. The third kappa shape index (κ3) is 4.77.